The molecule has 22 heavy (non-hydrogen) atoms. The molecule has 114 valence electrons. The molecule has 0 aromatic heterocycles. The largest absolute Gasteiger partial charge is 0.329 e. The van der Waals surface area contributed by atoms with Crippen molar-refractivity contribution in [3.05, 3.63) is 70.2 Å². The maximum absolute atomic E-state index is 13.0. The van der Waals surface area contributed by atoms with E-state index >= 15 is 0 Å². The molecule has 0 saturated carbocycles. The van der Waals surface area contributed by atoms with E-state index in [-0.39, 0.29) is 11.4 Å². The van der Waals surface area contributed by atoms with E-state index in [1.54, 1.807) is 0 Å². The first-order chi connectivity index (χ1) is 10.6. The minimum Gasteiger partial charge on any atom is -0.329 e. The number of nitrogens with zero attached hydrogens (tertiary/aromatic N) is 1. The van der Waals surface area contributed by atoms with Crippen LogP contribution in [0, 0.1) is 0 Å². The summed E-state index contributed by atoms with van der Waals surface area (Å²) in [5.41, 5.74) is 2.76. The van der Waals surface area contributed by atoms with Gasteiger partial charge >= 0.3 is 0 Å². The molecule has 0 spiro atoms. The molecule has 1 unspecified atom stereocenters. The van der Waals surface area contributed by atoms with Crippen molar-refractivity contribution in [3.8, 4) is 0 Å². The second-order valence-corrected chi connectivity index (χ2v) is 6.51. The van der Waals surface area contributed by atoms with Crippen LogP contribution in [0.15, 0.2) is 48.5 Å². The summed E-state index contributed by atoms with van der Waals surface area (Å²) in [7, 11) is 0. The summed E-state index contributed by atoms with van der Waals surface area (Å²) in [6.07, 6.45) is 1.77. The fourth-order valence-corrected chi connectivity index (χ4v) is 3.48. The van der Waals surface area contributed by atoms with Crippen molar-refractivity contribution in [2.45, 2.75) is 32.2 Å². The highest BCUT2D eigenvalue weighted by molar-refractivity contribution is 6.30. The SMILES string of the molecule is CCCN1C(=O)c2ccccc2CC1(C)c1ccc(Cl)cc1. The lowest BCUT2D eigenvalue weighted by molar-refractivity contribution is 0.0454. The van der Waals surface area contributed by atoms with Crippen LogP contribution in [-0.4, -0.2) is 17.4 Å². The number of halogens is 1. The van der Waals surface area contributed by atoms with Crippen LogP contribution >= 0.6 is 11.6 Å². The van der Waals surface area contributed by atoms with Crippen LogP contribution in [0.25, 0.3) is 0 Å². The van der Waals surface area contributed by atoms with Crippen molar-refractivity contribution in [3.63, 3.8) is 0 Å². The van der Waals surface area contributed by atoms with Gasteiger partial charge in [-0.2, -0.15) is 0 Å². The van der Waals surface area contributed by atoms with Gasteiger partial charge in [-0.3, -0.25) is 4.79 Å². The van der Waals surface area contributed by atoms with E-state index in [1.165, 1.54) is 0 Å². The van der Waals surface area contributed by atoms with Crippen LogP contribution in [0.2, 0.25) is 5.02 Å². The summed E-state index contributed by atoms with van der Waals surface area (Å²) in [6.45, 7) is 5.02. The van der Waals surface area contributed by atoms with Crippen LogP contribution < -0.4 is 0 Å². The van der Waals surface area contributed by atoms with Gasteiger partial charge in [0.25, 0.3) is 5.91 Å². The van der Waals surface area contributed by atoms with E-state index in [1.807, 2.05) is 47.4 Å². The van der Waals surface area contributed by atoms with Crippen molar-refractivity contribution in [1.29, 1.82) is 0 Å². The van der Waals surface area contributed by atoms with Crippen LogP contribution in [0.5, 0.6) is 0 Å². The summed E-state index contributed by atoms with van der Waals surface area (Å²) in [5, 5.41) is 0.719. The maximum atomic E-state index is 13.0. The van der Waals surface area contributed by atoms with Crippen molar-refractivity contribution < 1.29 is 4.79 Å². The Kier molecular flexibility index (Phi) is 3.96. The van der Waals surface area contributed by atoms with Crippen molar-refractivity contribution in [2.75, 3.05) is 6.54 Å². The first-order valence-electron chi connectivity index (χ1n) is 7.72. The quantitative estimate of drug-likeness (QED) is 0.806. The predicted molar refractivity (Wildman–Crippen MR) is 90.3 cm³/mol. The Morgan fingerprint density at radius 3 is 2.50 bits per heavy atom. The molecule has 1 amide bonds. The highest BCUT2D eigenvalue weighted by Crippen LogP contribution is 2.38. The predicted octanol–water partition coefficient (Wildman–Crippen LogP) is 4.66. The molecule has 0 bridgehead atoms. The van der Waals surface area contributed by atoms with Crippen LogP contribution in [0.3, 0.4) is 0 Å². The average molecular weight is 314 g/mol. The van der Waals surface area contributed by atoms with Gasteiger partial charge in [0.2, 0.25) is 0 Å². The third-order valence-electron chi connectivity index (χ3n) is 4.54. The zero-order valence-electron chi connectivity index (χ0n) is 13.0. The lowest BCUT2D eigenvalue weighted by atomic mass is 9.78. The Balaban J connectivity index is 2.12. The lowest BCUT2D eigenvalue weighted by Crippen LogP contribution is -2.52. The van der Waals surface area contributed by atoms with E-state index in [4.69, 9.17) is 11.6 Å². The number of hydrogen-bond donors (Lipinski definition) is 0. The summed E-state index contributed by atoms with van der Waals surface area (Å²) in [5.74, 6) is 0.126. The number of benzene rings is 2. The number of fused-ring (bicyclic) bond motifs is 1. The summed E-state index contributed by atoms with van der Waals surface area (Å²) in [4.78, 5) is 15.0. The number of carbonyl (C=O) groups is 1. The van der Waals surface area contributed by atoms with E-state index in [0.717, 1.165) is 41.1 Å². The van der Waals surface area contributed by atoms with Gasteiger partial charge in [0.05, 0.1) is 5.54 Å². The number of rotatable bonds is 3. The van der Waals surface area contributed by atoms with Crippen molar-refractivity contribution in [2.24, 2.45) is 0 Å². The third kappa shape index (κ3) is 2.42. The van der Waals surface area contributed by atoms with Gasteiger partial charge in [0, 0.05) is 23.6 Å². The summed E-state index contributed by atoms with van der Waals surface area (Å²) < 4.78 is 0. The van der Waals surface area contributed by atoms with Gasteiger partial charge in [-0.15, -0.1) is 0 Å². The zero-order chi connectivity index (χ0) is 15.7. The van der Waals surface area contributed by atoms with Gasteiger partial charge in [0.15, 0.2) is 0 Å². The molecule has 0 saturated heterocycles. The Hall–Kier alpha value is -1.80. The molecule has 1 aliphatic rings. The van der Waals surface area contributed by atoms with Gasteiger partial charge in [-0.25, -0.2) is 0 Å². The second-order valence-electron chi connectivity index (χ2n) is 6.07. The summed E-state index contributed by atoms with van der Waals surface area (Å²) in [6, 6.07) is 15.8. The van der Waals surface area contributed by atoms with E-state index < -0.39 is 0 Å². The highest BCUT2D eigenvalue weighted by Gasteiger charge is 2.41. The molecule has 3 rings (SSSR count). The molecule has 0 radical (unpaired) electrons. The molecule has 1 heterocycles. The highest BCUT2D eigenvalue weighted by atomic mass is 35.5. The van der Waals surface area contributed by atoms with Crippen molar-refractivity contribution in [1.82, 2.24) is 4.90 Å². The molecule has 2 aromatic carbocycles. The first-order valence-corrected chi connectivity index (χ1v) is 8.10. The first kappa shape index (κ1) is 15.1. The fourth-order valence-electron chi connectivity index (χ4n) is 3.36. The Morgan fingerprint density at radius 1 is 1.14 bits per heavy atom. The van der Waals surface area contributed by atoms with Crippen molar-refractivity contribution >= 4 is 17.5 Å². The van der Waals surface area contributed by atoms with Gasteiger partial charge in [0.1, 0.15) is 0 Å². The number of carbonyl (C=O) groups excluding carboxylic acids is 1. The second kappa shape index (κ2) is 5.77. The smallest absolute Gasteiger partial charge is 0.254 e. The third-order valence-corrected chi connectivity index (χ3v) is 4.79. The molecular formula is C19H20ClNO. The minimum atomic E-state index is -0.327. The number of amides is 1. The molecule has 0 N–H and O–H groups in total. The molecular weight excluding hydrogens is 294 g/mol. The molecule has 2 aromatic rings. The number of hydrogen-bond acceptors (Lipinski definition) is 1. The average Bonchev–Trinajstić information content (AvgIpc) is 2.52. The fraction of sp³-hybridized carbons (Fsp3) is 0.316. The molecule has 0 fully saturated rings. The Bertz CT molecular complexity index is 695. The Morgan fingerprint density at radius 2 is 1.82 bits per heavy atom. The van der Waals surface area contributed by atoms with E-state index in [0.29, 0.717) is 0 Å². The van der Waals surface area contributed by atoms with E-state index in [9.17, 15) is 4.79 Å². The van der Waals surface area contributed by atoms with Crippen LogP contribution in [0.1, 0.15) is 41.8 Å². The topological polar surface area (TPSA) is 20.3 Å². The molecule has 0 aliphatic carbocycles. The standard InChI is InChI=1S/C19H20ClNO/c1-3-12-21-18(22)17-7-5-4-6-14(17)13-19(21,2)15-8-10-16(20)11-9-15/h4-11H,3,12-13H2,1-2H3. The minimum absolute atomic E-state index is 0.126. The van der Waals surface area contributed by atoms with Gasteiger partial charge in [-0.05, 0) is 42.7 Å². The Labute approximate surface area is 136 Å². The van der Waals surface area contributed by atoms with Crippen LogP contribution in [-0.2, 0) is 12.0 Å². The molecule has 3 heteroatoms. The van der Waals surface area contributed by atoms with Gasteiger partial charge < -0.3 is 4.90 Å². The summed E-state index contributed by atoms with van der Waals surface area (Å²) >= 11 is 6.02. The lowest BCUT2D eigenvalue weighted by Gasteiger charge is -2.46. The van der Waals surface area contributed by atoms with Gasteiger partial charge in [-0.1, -0.05) is 48.9 Å². The molecule has 1 atom stereocenters. The monoisotopic (exact) mass is 313 g/mol. The molecule has 1 aliphatic heterocycles. The van der Waals surface area contributed by atoms with E-state index in [2.05, 4.69) is 19.9 Å². The zero-order valence-corrected chi connectivity index (χ0v) is 13.7. The normalized spacial score (nSPS) is 20.9. The van der Waals surface area contributed by atoms with Crippen LogP contribution in [0.4, 0.5) is 0 Å². The maximum Gasteiger partial charge on any atom is 0.254 e. The molecule has 2 nitrogen and oxygen atoms in total.